The first kappa shape index (κ1) is 11.6. The summed E-state index contributed by atoms with van der Waals surface area (Å²) in [5, 5.41) is 0. The van der Waals surface area contributed by atoms with Crippen molar-refractivity contribution >= 4 is 27.3 Å². The number of halogens is 1. The van der Waals surface area contributed by atoms with Crippen LogP contribution in [0.25, 0.3) is 0 Å². The molecule has 0 saturated heterocycles. The minimum Gasteiger partial charge on any atom is -0.398 e. The molecule has 0 bridgehead atoms. The average Bonchev–Trinajstić information content (AvgIpc) is 2.78. The van der Waals surface area contributed by atoms with Crippen LogP contribution in [-0.4, -0.2) is 0 Å². The minimum absolute atomic E-state index is 0.893. The predicted molar refractivity (Wildman–Crippen MR) is 79.6 cm³/mol. The second-order valence-electron chi connectivity index (χ2n) is 4.75. The third-order valence-corrected chi connectivity index (χ3v) is 4.56. The van der Waals surface area contributed by atoms with E-state index in [1.165, 1.54) is 26.9 Å². The molecule has 0 amide bonds. The van der Waals surface area contributed by atoms with Gasteiger partial charge in [-0.2, -0.15) is 0 Å². The van der Waals surface area contributed by atoms with Gasteiger partial charge in [0.2, 0.25) is 0 Å². The topological polar surface area (TPSA) is 29.3 Å². The lowest BCUT2D eigenvalue weighted by atomic mass is 10.1. The van der Waals surface area contributed by atoms with E-state index >= 15 is 0 Å². The van der Waals surface area contributed by atoms with Gasteiger partial charge in [-0.3, -0.25) is 0 Å². The van der Waals surface area contributed by atoms with Crippen LogP contribution in [0.1, 0.15) is 16.7 Å². The molecule has 3 rings (SSSR count). The molecule has 0 fully saturated rings. The van der Waals surface area contributed by atoms with Crippen LogP contribution in [0.4, 0.5) is 11.4 Å². The first-order valence-electron chi connectivity index (χ1n) is 6.03. The van der Waals surface area contributed by atoms with Crippen molar-refractivity contribution in [2.75, 3.05) is 10.6 Å². The Morgan fingerprint density at radius 3 is 2.67 bits per heavy atom. The third kappa shape index (κ3) is 1.79. The SMILES string of the molecule is Cc1cccc(N2Cc3cccc(N)c3C2)c1Br. The summed E-state index contributed by atoms with van der Waals surface area (Å²) in [4.78, 5) is 2.36. The molecule has 1 aliphatic rings. The van der Waals surface area contributed by atoms with Crippen LogP contribution in [0.5, 0.6) is 0 Å². The van der Waals surface area contributed by atoms with Crippen LogP contribution in [-0.2, 0) is 13.1 Å². The molecule has 0 radical (unpaired) electrons. The molecule has 2 N–H and O–H groups in total. The molecule has 1 heterocycles. The van der Waals surface area contributed by atoms with E-state index in [-0.39, 0.29) is 0 Å². The van der Waals surface area contributed by atoms with Crippen LogP contribution >= 0.6 is 15.9 Å². The van der Waals surface area contributed by atoms with Gasteiger partial charge in [-0.1, -0.05) is 24.3 Å². The van der Waals surface area contributed by atoms with Crippen molar-refractivity contribution < 1.29 is 0 Å². The van der Waals surface area contributed by atoms with Gasteiger partial charge in [0.25, 0.3) is 0 Å². The first-order chi connectivity index (χ1) is 8.66. The maximum Gasteiger partial charge on any atom is 0.0519 e. The molecule has 2 aromatic rings. The molecule has 0 spiro atoms. The van der Waals surface area contributed by atoms with E-state index in [2.05, 4.69) is 52.0 Å². The Kier molecular flexibility index (Phi) is 2.78. The Bertz CT molecular complexity index is 607. The molecule has 0 aliphatic carbocycles. The van der Waals surface area contributed by atoms with Crippen LogP contribution < -0.4 is 10.6 Å². The number of hydrogen-bond acceptors (Lipinski definition) is 2. The minimum atomic E-state index is 0.893. The molecule has 0 aromatic heterocycles. The molecule has 18 heavy (non-hydrogen) atoms. The second-order valence-corrected chi connectivity index (χ2v) is 5.54. The number of nitrogen functional groups attached to an aromatic ring is 1. The number of rotatable bonds is 1. The lowest BCUT2D eigenvalue weighted by Crippen LogP contribution is -2.15. The molecule has 1 aliphatic heterocycles. The molecule has 92 valence electrons. The Morgan fingerprint density at radius 1 is 1.11 bits per heavy atom. The van der Waals surface area contributed by atoms with E-state index in [0.717, 1.165) is 18.8 Å². The van der Waals surface area contributed by atoms with Crippen molar-refractivity contribution in [3.63, 3.8) is 0 Å². The van der Waals surface area contributed by atoms with Gasteiger partial charge in [0, 0.05) is 23.2 Å². The van der Waals surface area contributed by atoms with Crippen molar-refractivity contribution in [3.8, 4) is 0 Å². The quantitative estimate of drug-likeness (QED) is 0.811. The number of aryl methyl sites for hydroxylation is 1. The highest BCUT2D eigenvalue weighted by atomic mass is 79.9. The van der Waals surface area contributed by atoms with Crippen molar-refractivity contribution in [1.29, 1.82) is 0 Å². The monoisotopic (exact) mass is 302 g/mol. The molecule has 2 aromatic carbocycles. The molecule has 0 saturated carbocycles. The Hall–Kier alpha value is -1.48. The smallest absolute Gasteiger partial charge is 0.0519 e. The van der Waals surface area contributed by atoms with Gasteiger partial charge in [0.15, 0.2) is 0 Å². The fourth-order valence-electron chi connectivity index (χ4n) is 2.49. The normalized spacial score (nSPS) is 13.8. The predicted octanol–water partition coefficient (Wildman–Crippen LogP) is 3.86. The lowest BCUT2D eigenvalue weighted by Gasteiger charge is -2.20. The molecular formula is C15H15BrN2. The Balaban J connectivity index is 1.99. The van der Waals surface area contributed by atoms with Crippen LogP contribution in [0.3, 0.4) is 0 Å². The largest absolute Gasteiger partial charge is 0.398 e. The number of nitrogens with zero attached hydrogens (tertiary/aromatic N) is 1. The second kappa shape index (κ2) is 4.32. The van der Waals surface area contributed by atoms with Crippen LogP contribution in [0, 0.1) is 6.92 Å². The molecule has 2 nitrogen and oxygen atoms in total. The molecule has 3 heteroatoms. The number of nitrogens with two attached hydrogens (primary N) is 1. The fourth-order valence-corrected chi connectivity index (χ4v) is 3.01. The van der Waals surface area contributed by atoms with Gasteiger partial charge in [-0.15, -0.1) is 0 Å². The Labute approximate surface area is 116 Å². The highest BCUT2D eigenvalue weighted by molar-refractivity contribution is 9.10. The zero-order valence-corrected chi connectivity index (χ0v) is 11.9. The number of fused-ring (bicyclic) bond motifs is 1. The highest BCUT2D eigenvalue weighted by Gasteiger charge is 2.22. The summed E-state index contributed by atoms with van der Waals surface area (Å²) < 4.78 is 1.18. The summed E-state index contributed by atoms with van der Waals surface area (Å²) in [7, 11) is 0. The van der Waals surface area contributed by atoms with E-state index in [0.29, 0.717) is 0 Å². The van der Waals surface area contributed by atoms with Crippen molar-refractivity contribution in [2.24, 2.45) is 0 Å². The summed E-state index contributed by atoms with van der Waals surface area (Å²) in [6.07, 6.45) is 0. The van der Waals surface area contributed by atoms with Gasteiger partial charge >= 0.3 is 0 Å². The molecule has 0 atom stereocenters. The molecular weight excluding hydrogens is 288 g/mol. The van der Waals surface area contributed by atoms with Gasteiger partial charge < -0.3 is 10.6 Å². The summed E-state index contributed by atoms with van der Waals surface area (Å²) in [5.41, 5.74) is 12.1. The van der Waals surface area contributed by atoms with E-state index in [9.17, 15) is 0 Å². The van der Waals surface area contributed by atoms with E-state index in [4.69, 9.17) is 5.73 Å². The van der Waals surface area contributed by atoms with Crippen LogP contribution in [0.2, 0.25) is 0 Å². The zero-order chi connectivity index (χ0) is 12.7. The lowest BCUT2D eigenvalue weighted by molar-refractivity contribution is 0.877. The number of benzene rings is 2. The van der Waals surface area contributed by atoms with Crippen molar-refractivity contribution in [2.45, 2.75) is 20.0 Å². The summed E-state index contributed by atoms with van der Waals surface area (Å²) in [6, 6.07) is 12.5. The average molecular weight is 303 g/mol. The van der Waals surface area contributed by atoms with Crippen molar-refractivity contribution in [3.05, 3.63) is 57.6 Å². The van der Waals surface area contributed by atoms with Gasteiger partial charge in [0.05, 0.1) is 5.69 Å². The van der Waals surface area contributed by atoms with E-state index in [1.54, 1.807) is 0 Å². The summed E-state index contributed by atoms with van der Waals surface area (Å²) in [6.45, 7) is 3.94. The highest BCUT2D eigenvalue weighted by Crippen LogP contribution is 2.36. The maximum atomic E-state index is 6.04. The number of hydrogen-bond donors (Lipinski definition) is 1. The van der Waals surface area contributed by atoms with Crippen LogP contribution in [0.15, 0.2) is 40.9 Å². The van der Waals surface area contributed by atoms with Crippen molar-refractivity contribution in [1.82, 2.24) is 0 Å². The van der Waals surface area contributed by atoms with E-state index in [1.807, 2.05) is 12.1 Å². The zero-order valence-electron chi connectivity index (χ0n) is 10.3. The first-order valence-corrected chi connectivity index (χ1v) is 6.82. The maximum absolute atomic E-state index is 6.04. The third-order valence-electron chi connectivity index (χ3n) is 3.53. The van der Waals surface area contributed by atoms with Gasteiger partial charge in [-0.05, 0) is 51.7 Å². The van der Waals surface area contributed by atoms with Gasteiger partial charge in [-0.25, -0.2) is 0 Å². The molecule has 0 unspecified atom stereocenters. The fraction of sp³-hybridized carbons (Fsp3) is 0.200. The Morgan fingerprint density at radius 2 is 1.89 bits per heavy atom. The standard InChI is InChI=1S/C15H15BrN2/c1-10-4-2-7-14(15(10)16)18-8-11-5-3-6-13(17)12(11)9-18/h2-7H,8-9,17H2,1H3. The van der Waals surface area contributed by atoms with Gasteiger partial charge in [0.1, 0.15) is 0 Å². The number of anilines is 2. The van der Waals surface area contributed by atoms with E-state index < -0.39 is 0 Å². The summed E-state index contributed by atoms with van der Waals surface area (Å²) in [5.74, 6) is 0. The summed E-state index contributed by atoms with van der Waals surface area (Å²) >= 11 is 3.68.